The van der Waals surface area contributed by atoms with Gasteiger partial charge in [-0.25, -0.2) is 0 Å². The fourth-order valence-electron chi connectivity index (χ4n) is 10.9. The maximum Gasteiger partial charge on any atom is 0.251 e. The van der Waals surface area contributed by atoms with E-state index in [1.165, 1.54) is 76.6 Å². The Balaban J connectivity index is 1.26. The van der Waals surface area contributed by atoms with Crippen molar-refractivity contribution < 1.29 is 4.74 Å². The van der Waals surface area contributed by atoms with E-state index in [0.717, 1.165) is 22.9 Å². The van der Waals surface area contributed by atoms with Gasteiger partial charge in [-0.1, -0.05) is 176 Å². The summed E-state index contributed by atoms with van der Waals surface area (Å²) in [6.07, 6.45) is 0. The lowest BCUT2D eigenvalue weighted by atomic mass is 9.33. The van der Waals surface area contributed by atoms with Gasteiger partial charge in [-0.15, -0.1) is 0 Å². The number of fused-ring (bicyclic) bond motifs is 6. The summed E-state index contributed by atoms with van der Waals surface area (Å²) in [7, 11) is -3.96. The van der Waals surface area contributed by atoms with E-state index in [9.17, 15) is 0 Å². The lowest BCUT2D eigenvalue weighted by Crippen LogP contribution is -2.59. The molecule has 7 aromatic carbocycles. The quantitative estimate of drug-likeness (QED) is 0.155. The number of rotatable bonds is 6. The highest BCUT2D eigenvalue weighted by molar-refractivity contribution is 7.03. The molecule has 3 nitrogen and oxygen atoms in total. The second kappa shape index (κ2) is 14.5. The molecule has 0 saturated heterocycles. The van der Waals surface area contributed by atoms with Crippen LogP contribution in [-0.4, -0.2) is 22.9 Å². The monoisotopic (exact) mass is 828 g/mol. The van der Waals surface area contributed by atoms with Crippen LogP contribution in [0.1, 0.15) is 76.0 Å². The molecule has 304 valence electrons. The standard InChI is InChI=1S/C55H57BN2OSi2/c1-35(2)38-32-40(36(3)4)54(41(33-38)37(5)6)56-42-31-30-39(57-44-21-11-15-26-50(44)60(7,8)51-27-16-12-22-45(51)57)34-49(42)59-55-43(56)20-19-25-48(55)58-46-23-13-17-28-52(46)61(9,10)53-29-18-14-24-47(53)58/h11-37H,1-10H3. The molecule has 10 rings (SSSR count). The molecular weight excluding hydrogens is 772 g/mol. The van der Waals surface area contributed by atoms with E-state index in [1.54, 1.807) is 0 Å². The fraction of sp³-hybridized carbons (Fsp3) is 0.236. The molecule has 0 atom stereocenters. The Labute approximate surface area is 366 Å². The average Bonchev–Trinajstić information content (AvgIpc) is 3.25. The van der Waals surface area contributed by atoms with E-state index >= 15 is 0 Å². The minimum absolute atomic E-state index is 0.0304. The van der Waals surface area contributed by atoms with Gasteiger partial charge < -0.3 is 14.5 Å². The lowest BCUT2D eigenvalue weighted by Gasteiger charge is -2.42. The molecule has 3 aliphatic heterocycles. The molecule has 0 N–H and O–H groups in total. The predicted molar refractivity (Wildman–Crippen MR) is 269 cm³/mol. The number of hydrogen-bond acceptors (Lipinski definition) is 3. The highest BCUT2D eigenvalue weighted by Crippen LogP contribution is 2.46. The van der Waals surface area contributed by atoms with Gasteiger partial charge in [-0.05, 0) is 103 Å². The van der Waals surface area contributed by atoms with Crippen molar-refractivity contribution in [2.24, 2.45) is 0 Å². The Morgan fingerprint density at radius 3 is 1.34 bits per heavy atom. The third-order valence-electron chi connectivity index (χ3n) is 14.1. The first-order valence-corrected chi connectivity index (χ1v) is 28.4. The molecule has 3 aliphatic rings. The van der Waals surface area contributed by atoms with E-state index < -0.39 is 16.1 Å². The van der Waals surface area contributed by atoms with E-state index in [4.69, 9.17) is 4.74 Å². The molecule has 0 aromatic heterocycles. The molecule has 0 saturated carbocycles. The van der Waals surface area contributed by atoms with Crippen LogP contribution in [0.25, 0.3) is 0 Å². The van der Waals surface area contributed by atoms with Gasteiger partial charge in [0.05, 0.1) is 5.69 Å². The number of hydrogen-bond donors (Lipinski definition) is 0. The zero-order chi connectivity index (χ0) is 42.5. The fourth-order valence-corrected chi connectivity index (χ4v) is 16.8. The molecule has 3 heterocycles. The topological polar surface area (TPSA) is 15.7 Å². The van der Waals surface area contributed by atoms with Crippen LogP contribution in [0.15, 0.2) is 146 Å². The van der Waals surface area contributed by atoms with Crippen molar-refractivity contribution in [3.63, 3.8) is 0 Å². The summed E-state index contributed by atoms with van der Waals surface area (Å²) in [5, 5.41) is 5.81. The van der Waals surface area contributed by atoms with Crippen molar-refractivity contribution >= 4 is 94.1 Å². The smallest absolute Gasteiger partial charge is 0.251 e. The van der Waals surface area contributed by atoms with Gasteiger partial charge in [0.1, 0.15) is 27.6 Å². The summed E-state index contributed by atoms with van der Waals surface area (Å²) in [5.74, 6) is 2.97. The van der Waals surface area contributed by atoms with Gasteiger partial charge in [0, 0.05) is 34.5 Å². The van der Waals surface area contributed by atoms with E-state index in [-0.39, 0.29) is 6.71 Å². The molecule has 7 aromatic rings. The Bertz CT molecular complexity index is 2750. The molecule has 0 spiro atoms. The molecule has 61 heavy (non-hydrogen) atoms. The maximum absolute atomic E-state index is 7.56. The Morgan fingerprint density at radius 1 is 0.443 bits per heavy atom. The minimum Gasteiger partial charge on any atom is -0.456 e. The van der Waals surface area contributed by atoms with Crippen molar-refractivity contribution in [1.82, 2.24) is 0 Å². The highest BCUT2D eigenvalue weighted by atomic mass is 28.3. The number of para-hydroxylation sites is 5. The molecule has 0 radical (unpaired) electrons. The van der Waals surface area contributed by atoms with Crippen molar-refractivity contribution in [3.05, 3.63) is 162 Å². The van der Waals surface area contributed by atoms with Crippen molar-refractivity contribution in [1.29, 1.82) is 0 Å². The zero-order valence-electron chi connectivity index (χ0n) is 37.5. The van der Waals surface area contributed by atoms with E-state index in [2.05, 4.69) is 223 Å². The summed E-state index contributed by atoms with van der Waals surface area (Å²) in [6, 6.07) is 55.4. The molecule has 0 bridgehead atoms. The summed E-state index contributed by atoms with van der Waals surface area (Å²) in [5.41, 5.74) is 15.4. The second-order valence-electron chi connectivity index (χ2n) is 19.5. The van der Waals surface area contributed by atoms with Gasteiger partial charge in [-0.3, -0.25) is 0 Å². The third-order valence-corrected chi connectivity index (χ3v) is 21.2. The van der Waals surface area contributed by atoms with Crippen LogP contribution < -0.4 is 51.7 Å². The zero-order valence-corrected chi connectivity index (χ0v) is 39.5. The van der Waals surface area contributed by atoms with Crippen LogP contribution >= 0.6 is 0 Å². The molecule has 0 aliphatic carbocycles. The SMILES string of the molecule is CC(C)c1cc(C(C)C)c(B2c3ccc(N4c5ccccc5[Si](C)(C)c5ccccc54)cc3Oc3c2cccc3N2c3ccccc3[Si](C)(C)c3ccccc32)c(C(C)C)c1. The molecule has 0 fully saturated rings. The van der Waals surface area contributed by atoms with Gasteiger partial charge in [0.25, 0.3) is 6.71 Å². The van der Waals surface area contributed by atoms with Crippen LogP contribution in [0, 0.1) is 0 Å². The number of ether oxygens (including phenoxy) is 1. The van der Waals surface area contributed by atoms with Crippen molar-refractivity contribution in [2.45, 2.75) is 85.5 Å². The molecular formula is C55H57BN2OSi2. The number of anilines is 6. The summed E-state index contributed by atoms with van der Waals surface area (Å²) in [4.78, 5) is 5.00. The first-order chi connectivity index (χ1) is 29.3. The maximum atomic E-state index is 7.56. The first kappa shape index (κ1) is 39.6. The van der Waals surface area contributed by atoms with Gasteiger partial charge in [0.2, 0.25) is 0 Å². The largest absolute Gasteiger partial charge is 0.456 e. The predicted octanol–water partition coefficient (Wildman–Crippen LogP) is 10.9. The number of nitrogens with zero attached hydrogens (tertiary/aromatic N) is 2. The summed E-state index contributed by atoms with van der Waals surface area (Å²) in [6.45, 7) is 24.1. The van der Waals surface area contributed by atoms with Gasteiger partial charge >= 0.3 is 0 Å². The van der Waals surface area contributed by atoms with Crippen molar-refractivity contribution in [2.75, 3.05) is 9.80 Å². The van der Waals surface area contributed by atoms with Crippen LogP contribution in [-0.2, 0) is 0 Å². The molecule has 0 unspecified atom stereocenters. The first-order valence-electron chi connectivity index (χ1n) is 22.4. The Morgan fingerprint density at radius 2 is 0.885 bits per heavy atom. The van der Waals surface area contributed by atoms with Crippen LogP contribution in [0.4, 0.5) is 34.1 Å². The minimum atomic E-state index is -2.00. The summed E-state index contributed by atoms with van der Waals surface area (Å²) < 4.78 is 7.56. The van der Waals surface area contributed by atoms with Crippen LogP contribution in [0.3, 0.4) is 0 Å². The van der Waals surface area contributed by atoms with Crippen LogP contribution in [0.5, 0.6) is 11.5 Å². The average molecular weight is 829 g/mol. The second-order valence-corrected chi connectivity index (χ2v) is 28.2. The van der Waals surface area contributed by atoms with Crippen molar-refractivity contribution in [3.8, 4) is 11.5 Å². The van der Waals surface area contributed by atoms with Gasteiger partial charge in [0.15, 0.2) is 0 Å². The third kappa shape index (κ3) is 6.04. The highest BCUT2D eigenvalue weighted by Gasteiger charge is 2.43. The lowest BCUT2D eigenvalue weighted by molar-refractivity contribution is 0.488. The molecule has 0 amide bonds. The Kier molecular flexibility index (Phi) is 9.42. The van der Waals surface area contributed by atoms with E-state index in [0.29, 0.717) is 17.8 Å². The normalized spacial score (nSPS) is 15.5. The van der Waals surface area contributed by atoms with Gasteiger partial charge in [-0.2, -0.15) is 0 Å². The summed E-state index contributed by atoms with van der Waals surface area (Å²) >= 11 is 0. The van der Waals surface area contributed by atoms with Crippen LogP contribution in [0.2, 0.25) is 26.2 Å². The Hall–Kier alpha value is -5.56. The molecule has 6 heteroatoms. The number of benzene rings is 7. The van der Waals surface area contributed by atoms with E-state index in [1.807, 2.05) is 0 Å².